The Labute approximate surface area is 46.0 Å². The molecule has 0 aliphatic carbocycles. The predicted molar refractivity (Wildman–Crippen MR) is 23.3 cm³/mol. The second kappa shape index (κ2) is 1.60. The van der Waals surface area contributed by atoms with Crippen LogP contribution in [-0.4, -0.2) is 5.83 Å². The maximum atomic E-state index is 2.68. The quantitative estimate of drug-likeness (QED) is 0.583. The van der Waals surface area contributed by atoms with Crippen molar-refractivity contribution in [2.75, 3.05) is 0 Å². The molecule has 0 saturated carbocycles. The second-order valence-electron chi connectivity index (χ2n) is 1.95. The van der Waals surface area contributed by atoms with Gasteiger partial charge in [0.1, 0.15) is 0 Å². The summed E-state index contributed by atoms with van der Waals surface area (Å²) in [4.78, 5) is 0. The van der Waals surface area contributed by atoms with Gasteiger partial charge in [0.2, 0.25) is 0 Å². The summed E-state index contributed by atoms with van der Waals surface area (Å²) in [6.07, 6.45) is 0. The van der Waals surface area contributed by atoms with Crippen molar-refractivity contribution in [3.05, 3.63) is 0 Å². The molecule has 0 radical (unpaired) electrons. The molecule has 0 N–H and O–H groups in total. The van der Waals surface area contributed by atoms with Gasteiger partial charge in [-0.25, -0.2) is 0 Å². The third-order valence-corrected chi connectivity index (χ3v) is 0. The third-order valence-electron chi connectivity index (χ3n) is 0. The summed E-state index contributed by atoms with van der Waals surface area (Å²) in [5.74, 6) is -0.667. The fourth-order valence-electron chi connectivity index (χ4n) is 0. The van der Waals surface area contributed by atoms with E-state index in [1.54, 1.807) is 0 Å². The number of hydrogen-bond donors (Lipinski definition) is 0. The zero-order valence-corrected chi connectivity index (χ0v) is 6.97. The van der Waals surface area contributed by atoms with Crippen LogP contribution in [0.2, 0.25) is 19.6 Å². The average Bonchev–Trinajstić information content (AvgIpc) is 0.722. The Bertz CT molecular complexity index is 22.4. The predicted octanol–water partition coefficient (Wildman–Crippen LogP) is 1.37. The molecule has 0 spiro atoms. The van der Waals surface area contributed by atoms with Gasteiger partial charge >= 0.3 is 45.8 Å². The number of hydrogen-bond acceptors (Lipinski definition) is 0. The van der Waals surface area contributed by atoms with E-state index in [1.807, 2.05) is 0 Å². The van der Waals surface area contributed by atoms with E-state index in [1.165, 1.54) is 0 Å². The van der Waals surface area contributed by atoms with Crippen LogP contribution in [0.3, 0.4) is 0 Å². The molecular formula is C3H9AuSi. The van der Waals surface area contributed by atoms with E-state index in [9.17, 15) is 0 Å². The van der Waals surface area contributed by atoms with Crippen molar-refractivity contribution in [3.63, 3.8) is 0 Å². The van der Waals surface area contributed by atoms with Crippen LogP contribution in [0.1, 0.15) is 0 Å². The van der Waals surface area contributed by atoms with Gasteiger partial charge < -0.3 is 0 Å². The molecule has 0 aliphatic rings. The summed E-state index contributed by atoms with van der Waals surface area (Å²) in [5, 5.41) is 0. The van der Waals surface area contributed by atoms with Crippen LogP contribution < -0.4 is 0 Å². The first-order valence-corrected chi connectivity index (χ1v) is 8.20. The van der Waals surface area contributed by atoms with Gasteiger partial charge in [0.05, 0.1) is 0 Å². The van der Waals surface area contributed by atoms with Crippen LogP contribution in [-0.2, 0) is 20.3 Å². The molecule has 0 heterocycles. The molecule has 0 fully saturated rings. The van der Waals surface area contributed by atoms with Gasteiger partial charge in [-0.3, -0.25) is 0 Å². The molecule has 0 aromatic heterocycles. The van der Waals surface area contributed by atoms with Gasteiger partial charge in [-0.1, -0.05) is 0 Å². The van der Waals surface area contributed by atoms with Crippen molar-refractivity contribution in [2.45, 2.75) is 19.6 Å². The van der Waals surface area contributed by atoms with Crippen LogP contribution in [0.5, 0.6) is 0 Å². The van der Waals surface area contributed by atoms with Gasteiger partial charge in [0.25, 0.3) is 0 Å². The molecule has 0 aromatic rings. The molecule has 0 nitrogen and oxygen atoms in total. The molecule has 0 rings (SSSR count). The molecule has 2 heteroatoms. The molecule has 0 unspecified atom stereocenters. The molecular weight excluding hydrogens is 261 g/mol. The first kappa shape index (κ1) is 5.96. The summed E-state index contributed by atoms with van der Waals surface area (Å²) < 4.78 is 0. The van der Waals surface area contributed by atoms with E-state index in [2.05, 4.69) is 39.9 Å². The standard InChI is InChI=1S/C3H9Si.Au/c1-4(2)3;/h1-3H3;. The van der Waals surface area contributed by atoms with Crippen molar-refractivity contribution in [1.82, 2.24) is 0 Å². The van der Waals surface area contributed by atoms with Gasteiger partial charge in [-0.15, -0.1) is 0 Å². The fourth-order valence-corrected chi connectivity index (χ4v) is 0. The topological polar surface area (TPSA) is 0 Å². The van der Waals surface area contributed by atoms with Crippen molar-refractivity contribution in [3.8, 4) is 0 Å². The summed E-state index contributed by atoms with van der Waals surface area (Å²) in [6, 6.07) is 0. The van der Waals surface area contributed by atoms with E-state index in [4.69, 9.17) is 0 Å². The second-order valence-corrected chi connectivity index (χ2v) is 15.6. The minimum atomic E-state index is -0.667. The molecule has 0 bridgehead atoms. The SMILES string of the molecule is C[Si](C)(C)[Au]. The van der Waals surface area contributed by atoms with E-state index in [-0.39, 0.29) is 0 Å². The van der Waals surface area contributed by atoms with Crippen molar-refractivity contribution in [2.24, 2.45) is 0 Å². The van der Waals surface area contributed by atoms with E-state index >= 15 is 0 Å². The van der Waals surface area contributed by atoms with Gasteiger partial charge in [0, 0.05) is 0 Å². The zero-order chi connectivity index (χ0) is 4.50. The summed E-state index contributed by atoms with van der Waals surface area (Å²) >= 11 is 2.68. The van der Waals surface area contributed by atoms with Crippen molar-refractivity contribution >= 4 is 5.83 Å². The number of rotatable bonds is 0. The third kappa shape index (κ3) is 47.3. The summed E-state index contributed by atoms with van der Waals surface area (Å²) in [7, 11) is 0. The minimum absolute atomic E-state index is 0.667. The van der Waals surface area contributed by atoms with Crippen LogP contribution in [0.15, 0.2) is 0 Å². The Morgan fingerprint density at radius 1 is 1.20 bits per heavy atom. The van der Waals surface area contributed by atoms with Gasteiger partial charge in [0.15, 0.2) is 0 Å². The Morgan fingerprint density at radius 3 is 1.20 bits per heavy atom. The van der Waals surface area contributed by atoms with E-state index in [0.717, 1.165) is 0 Å². The van der Waals surface area contributed by atoms with Crippen LogP contribution >= 0.6 is 0 Å². The normalized spacial score (nSPS) is 12.2. The van der Waals surface area contributed by atoms with Crippen LogP contribution in [0, 0.1) is 0 Å². The molecule has 0 amide bonds. The van der Waals surface area contributed by atoms with Crippen LogP contribution in [0.25, 0.3) is 0 Å². The average molecular weight is 270 g/mol. The Balaban J connectivity index is 3.02. The summed E-state index contributed by atoms with van der Waals surface area (Å²) in [6.45, 7) is 6.91. The Hall–Kier alpha value is 0.957. The molecule has 0 atom stereocenters. The van der Waals surface area contributed by atoms with Gasteiger partial charge in [-0.05, 0) is 0 Å². The Morgan fingerprint density at radius 2 is 1.20 bits per heavy atom. The monoisotopic (exact) mass is 270 g/mol. The van der Waals surface area contributed by atoms with Crippen molar-refractivity contribution < 1.29 is 20.3 Å². The summed E-state index contributed by atoms with van der Waals surface area (Å²) in [5.41, 5.74) is 0. The first-order chi connectivity index (χ1) is 2.00. The fraction of sp³-hybridized carbons (Fsp3) is 1.00. The zero-order valence-electron chi connectivity index (χ0n) is 3.80. The Kier molecular flexibility index (Phi) is 1.91. The molecule has 5 heavy (non-hydrogen) atoms. The molecule has 0 saturated heterocycles. The first-order valence-electron chi connectivity index (χ1n) is 1.65. The maximum absolute atomic E-state index is 2.68. The van der Waals surface area contributed by atoms with E-state index in [0.29, 0.717) is 0 Å². The molecule has 0 aliphatic heterocycles. The van der Waals surface area contributed by atoms with E-state index < -0.39 is 5.83 Å². The van der Waals surface area contributed by atoms with Crippen LogP contribution in [0.4, 0.5) is 0 Å². The molecule has 0 aromatic carbocycles. The molecule has 36 valence electrons. The van der Waals surface area contributed by atoms with Crippen molar-refractivity contribution in [1.29, 1.82) is 0 Å². The van der Waals surface area contributed by atoms with Gasteiger partial charge in [-0.2, -0.15) is 0 Å².